The average Bonchev–Trinajstić information content (AvgIpc) is 2.88. The molecule has 0 spiro atoms. The largest absolute Gasteiger partial charge is 0.338 e. The molecule has 24 heavy (non-hydrogen) atoms. The van der Waals surface area contributed by atoms with Crippen molar-refractivity contribution in [3.8, 4) is 0 Å². The van der Waals surface area contributed by atoms with Crippen molar-refractivity contribution in [3.63, 3.8) is 0 Å². The summed E-state index contributed by atoms with van der Waals surface area (Å²) in [5, 5.41) is 1.04. The predicted molar refractivity (Wildman–Crippen MR) is 97.4 cm³/mol. The van der Waals surface area contributed by atoms with E-state index in [-0.39, 0.29) is 5.56 Å². The molecule has 0 unspecified atom stereocenters. The highest BCUT2D eigenvalue weighted by molar-refractivity contribution is 6.05. The molecular weight excluding hydrogens is 298 g/mol. The number of hydrogen-bond donors (Lipinski definition) is 0. The zero-order valence-corrected chi connectivity index (χ0v) is 13.9. The van der Waals surface area contributed by atoms with Gasteiger partial charge in [0.15, 0.2) is 0 Å². The number of fused-ring (bicyclic) bond motifs is 3. The molecule has 4 rings (SSSR count). The fraction of sp³-hybridized carbons (Fsp3) is 0.200. The summed E-state index contributed by atoms with van der Waals surface area (Å²) < 4.78 is 3.67. The molecule has 0 bridgehead atoms. The van der Waals surface area contributed by atoms with Gasteiger partial charge in [0.1, 0.15) is 11.0 Å². The SMILES string of the molecule is Cc1ccc2c(c1)c1ncn(CCc3ccccc3)c(=O)c1n2C. The first-order valence-corrected chi connectivity index (χ1v) is 8.13. The Kier molecular flexibility index (Phi) is 3.45. The minimum Gasteiger partial charge on any atom is -0.338 e. The molecule has 4 heteroatoms. The van der Waals surface area contributed by atoms with Gasteiger partial charge in [0.25, 0.3) is 5.56 Å². The monoisotopic (exact) mass is 317 g/mol. The van der Waals surface area contributed by atoms with Gasteiger partial charge in [-0.1, -0.05) is 42.0 Å². The minimum absolute atomic E-state index is 0.0206. The fourth-order valence-corrected chi connectivity index (χ4v) is 3.28. The van der Waals surface area contributed by atoms with Crippen molar-refractivity contribution >= 4 is 21.9 Å². The Hall–Kier alpha value is -2.88. The van der Waals surface area contributed by atoms with Gasteiger partial charge in [0.2, 0.25) is 0 Å². The Morgan fingerprint density at radius 2 is 1.88 bits per heavy atom. The summed E-state index contributed by atoms with van der Waals surface area (Å²) in [7, 11) is 1.94. The van der Waals surface area contributed by atoms with E-state index in [0.717, 1.165) is 22.8 Å². The standard InChI is InChI=1S/C20H19N3O/c1-14-8-9-17-16(12-14)18-19(22(17)2)20(24)23(13-21-18)11-10-15-6-4-3-5-7-15/h3-9,12-13H,10-11H2,1-2H3. The van der Waals surface area contributed by atoms with E-state index in [1.165, 1.54) is 11.1 Å². The molecule has 0 radical (unpaired) electrons. The first-order valence-electron chi connectivity index (χ1n) is 8.13. The van der Waals surface area contributed by atoms with Crippen molar-refractivity contribution < 1.29 is 0 Å². The van der Waals surface area contributed by atoms with E-state index >= 15 is 0 Å². The maximum Gasteiger partial charge on any atom is 0.277 e. The van der Waals surface area contributed by atoms with Crippen LogP contribution < -0.4 is 5.56 Å². The van der Waals surface area contributed by atoms with E-state index in [0.29, 0.717) is 12.1 Å². The second kappa shape index (κ2) is 5.64. The van der Waals surface area contributed by atoms with Crippen molar-refractivity contribution in [1.82, 2.24) is 14.1 Å². The third-order valence-electron chi connectivity index (χ3n) is 4.60. The minimum atomic E-state index is 0.0206. The zero-order valence-electron chi connectivity index (χ0n) is 13.9. The summed E-state index contributed by atoms with van der Waals surface area (Å²) in [6, 6.07) is 16.4. The summed E-state index contributed by atoms with van der Waals surface area (Å²) in [6.45, 7) is 2.69. The van der Waals surface area contributed by atoms with Gasteiger partial charge in [-0.25, -0.2) is 4.98 Å². The lowest BCUT2D eigenvalue weighted by molar-refractivity contribution is 0.659. The second-order valence-corrected chi connectivity index (χ2v) is 6.26. The normalized spacial score (nSPS) is 11.4. The highest BCUT2D eigenvalue weighted by Gasteiger charge is 2.14. The Balaban J connectivity index is 1.82. The fourth-order valence-electron chi connectivity index (χ4n) is 3.28. The van der Waals surface area contributed by atoms with E-state index in [1.54, 1.807) is 10.9 Å². The van der Waals surface area contributed by atoms with Crippen molar-refractivity contribution in [2.24, 2.45) is 7.05 Å². The van der Waals surface area contributed by atoms with E-state index < -0.39 is 0 Å². The number of aromatic nitrogens is 3. The third kappa shape index (κ3) is 2.31. The smallest absolute Gasteiger partial charge is 0.277 e. The molecule has 2 heterocycles. The molecule has 2 aromatic carbocycles. The number of benzene rings is 2. The molecule has 0 atom stereocenters. The van der Waals surface area contributed by atoms with Gasteiger partial charge < -0.3 is 4.57 Å². The number of aryl methyl sites for hydroxylation is 4. The van der Waals surface area contributed by atoms with Crippen molar-refractivity contribution in [3.05, 3.63) is 76.3 Å². The summed E-state index contributed by atoms with van der Waals surface area (Å²) in [4.78, 5) is 17.5. The van der Waals surface area contributed by atoms with Crippen molar-refractivity contribution in [1.29, 1.82) is 0 Å². The van der Waals surface area contributed by atoms with Gasteiger partial charge in [-0.15, -0.1) is 0 Å². The molecule has 0 saturated carbocycles. The number of hydrogen-bond acceptors (Lipinski definition) is 2. The van der Waals surface area contributed by atoms with E-state index in [9.17, 15) is 4.79 Å². The van der Waals surface area contributed by atoms with Crippen molar-refractivity contribution in [2.45, 2.75) is 19.9 Å². The molecule has 0 fully saturated rings. The summed E-state index contributed by atoms with van der Waals surface area (Å²) in [5.74, 6) is 0. The molecular formula is C20H19N3O. The Labute approximate surface area is 140 Å². The maximum atomic E-state index is 12.9. The number of rotatable bonds is 3. The van der Waals surface area contributed by atoms with Crippen LogP contribution >= 0.6 is 0 Å². The van der Waals surface area contributed by atoms with Gasteiger partial charge in [0, 0.05) is 19.0 Å². The van der Waals surface area contributed by atoms with E-state index in [2.05, 4.69) is 42.2 Å². The topological polar surface area (TPSA) is 39.8 Å². The first-order chi connectivity index (χ1) is 11.6. The molecule has 0 aliphatic rings. The van der Waals surface area contributed by atoms with Crippen LogP contribution in [0.3, 0.4) is 0 Å². The third-order valence-corrected chi connectivity index (χ3v) is 4.60. The van der Waals surface area contributed by atoms with Gasteiger partial charge in [-0.05, 0) is 31.0 Å². The van der Waals surface area contributed by atoms with Gasteiger partial charge in [-0.2, -0.15) is 0 Å². The molecule has 0 N–H and O–H groups in total. The second-order valence-electron chi connectivity index (χ2n) is 6.26. The quantitative estimate of drug-likeness (QED) is 0.581. The Morgan fingerprint density at radius 1 is 1.08 bits per heavy atom. The molecule has 2 aromatic heterocycles. The molecule has 0 aliphatic heterocycles. The van der Waals surface area contributed by atoms with Crippen molar-refractivity contribution in [2.75, 3.05) is 0 Å². The van der Waals surface area contributed by atoms with E-state index in [4.69, 9.17) is 0 Å². The van der Waals surface area contributed by atoms with Crippen LogP contribution in [0.4, 0.5) is 0 Å². The van der Waals surface area contributed by atoms with Crippen LogP contribution in [-0.2, 0) is 20.0 Å². The number of nitrogens with zero attached hydrogens (tertiary/aromatic N) is 3. The first kappa shape index (κ1) is 14.7. The molecule has 0 amide bonds. The Bertz CT molecular complexity index is 1090. The molecule has 0 aliphatic carbocycles. The predicted octanol–water partition coefficient (Wildman–Crippen LogP) is 3.44. The lowest BCUT2D eigenvalue weighted by Crippen LogP contribution is -2.22. The lowest BCUT2D eigenvalue weighted by atomic mass is 10.1. The summed E-state index contributed by atoms with van der Waals surface area (Å²) in [5.41, 5.74) is 4.92. The highest BCUT2D eigenvalue weighted by atomic mass is 16.1. The van der Waals surface area contributed by atoms with Crippen LogP contribution in [0.15, 0.2) is 59.7 Å². The molecule has 4 aromatic rings. The van der Waals surface area contributed by atoms with Crippen LogP contribution in [0.5, 0.6) is 0 Å². The van der Waals surface area contributed by atoms with Gasteiger partial charge in [-0.3, -0.25) is 9.36 Å². The van der Waals surface area contributed by atoms with Gasteiger partial charge in [0.05, 0.1) is 11.8 Å². The lowest BCUT2D eigenvalue weighted by Gasteiger charge is -2.06. The van der Waals surface area contributed by atoms with E-state index in [1.807, 2.05) is 29.8 Å². The van der Waals surface area contributed by atoms with Gasteiger partial charge >= 0.3 is 0 Å². The average molecular weight is 317 g/mol. The zero-order chi connectivity index (χ0) is 16.7. The molecule has 0 saturated heterocycles. The molecule has 120 valence electrons. The summed E-state index contributed by atoms with van der Waals surface area (Å²) in [6.07, 6.45) is 2.49. The van der Waals surface area contributed by atoms with Crippen LogP contribution in [0, 0.1) is 6.92 Å². The summed E-state index contributed by atoms with van der Waals surface area (Å²) >= 11 is 0. The maximum absolute atomic E-state index is 12.9. The van der Waals surface area contributed by atoms with Crippen LogP contribution in [0.1, 0.15) is 11.1 Å². The van der Waals surface area contributed by atoms with Crippen LogP contribution in [0.2, 0.25) is 0 Å². The molecule has 4 nitrogen and oxygen atoms in total. The van der Waals surface area contributed by atoms with Crippen LogP contribution in [0.25, 0.3) is 21.9 Å². The highest BCUT2D eigenvalue weighted by Crippen LogP contribution is 2.25. The van der Waals surface area contributed by atoms with Crippen LogP contribution in [-0.4, -0.2) is 14.1 Å². The Morgan fingerprint density at radius 3 is 2.67 bits per heavy atom.